The Morgan fingerprint density at radius 1 is 0.875 bits per heavy atom. The molecule has 0 bridgehead atoms. The summed E-state index contributed by atoms with van der Waals surface area (Å²) in [6.45, 7) is 6.70. The molecule has 0 unspecified atom stereocenters. The van der Waals surface area contributed by atoms with Gasteiger partial charge in [-0.25, -0.2) is 9.80 Å². The highest BCUT2D eigenvalue weighted by molar-refractivity contribution is 5.74. The lowest BCUT2D eigenvalue weighted by Crippen LogP contribution is -2.57. The summed E-state index contributed by atoms with van der Waals surface area (Å²) in [5.41, 5.74) is 0. The van der Waals surface area contributed by atoms with Crippen molar-refractivity contribution >= 4 is 6.03 Å². The van der Waals surface area contributed by atoms with Gasteiger partial charge in [0, 0.05) is 52.4 Å². The standard InChI is InChI=1S/C10H21N5O/c1-12-2-4-13(5-3-12)10(16)14-6-8-15(11)9-7-14/h2-9,11H2,1H3. The number of likely N-dealkylation sites (N-methyl/N-ethyl adjacent to an activating group) is 1. The Hall–Kier alpha value is -0.850. The molecule has 2 amide bonds. The first-order chi connectivity index (χ1) is 7.66. The lowest BCUT2D eigenvalue weighted by atomic mass is 10.3. The zero-order valence-electron chi connectivity index (χ0n) is 9.93. The summed E-state index contributed by atoms with van der Waals surface area (Å²) in [6, 6.07) is 0.182. The summed E-state index contributed by atoms with van der Waals surface area (Å²) in [7, 11) is 2.09. The number of nitrogens with zero attached hydrogens (tertiary/aromatic N) is 4. The Morgan fingerprint density at radius 2 is 1.31 bits per heavy atom. The van der Waals surface area contributed by atoms with E-state index < -0.39 is 0 Å². The van der Waals surface area contributed by atoms with Crippen LogP contribution in [0.2, 0.25) is 0 Å². The maximum Gasteiger partial charge on any atom is 0.320 e. The van der Waals surface area contributed by atoms with Crippen molar-refractivity contribution in [3.63, 3.8) is 0 Å². The number of hydrogen-bond acceptors (Lipinski definition) is 4. The van der Waals surface area contributed by atoms with Gasteiger partial charge in [-0.3, -0.25) is 5.84 Å². The normalized spacial score (nSPS) is 24.9. The predicted octanol–water partition coefficient (Wildman–Crippen LogP) is -1.15. The third-order valence-corrected chi connectivity index (χ3v) is 3.36. The third-order valence-electron chi connectivity index (χ3n) is 3.36. The molecule has 0 aromatic carbocycles. The van der Waals surface area contributed by atoms with Crippen LogP contribution in [0.5, 0.6) is 0 Å². The van der Waals surface area contributed by atoms with Crippen molar-refractivity contribution in [1.82, 2.24) is 19.7 Å². The van der Waals surface area contributed by atoms with Crippen molar-refractivity contribution < 1.29 is 4.79 Å². The molecule has 2 aliphatic heterocycles. The minimum Gasteiger partial charge on any atom is -0.322 e. The van der Waals surface area contributed by atoms with Crippen LogP contribution in [0, 0.1) is 0 Å². The molecule has 2 saturated heterocycles. The molecule has 2 heterocycles. The van der Waals surface area contributed by atoms with Crippen LogP contribution in [0.15, 0.2) is 0 Å². The van der Waals surface area contributed by atoms with E-state index in [1.54, 1.807) is 5.01 Å². The first kappa shape index (κ1) is 11.6. The highest BCUT2D eigenvalue weighted by Gasteiger charge is 2.26. The van der Waals surface area contributed by atoms with Crippen LogP contribution >= 0.6 is 0 Å². The van der Waals surface area contributed by atoms with Crippen molar-refractivity contribution in [2.24, 2.45) is 5.84 Å². The highest BCUT2D eigenvalue weighted by atomic mass is 16.2. The van der Waals surface area contributed by atoms with Crippen molar-refractivity contribution in [2.45, 2.75) is 0 Å². The molecule has 0 aliphatic carbocycles. The van der Waals surface area contributed by atoms with Gasteiger partial charge in [-0.15, -0.1) is 0 Å². The summed E-state index contributed by atoms with van der Waals surface area (Å²) in [6.07, 6.45) is 0. The van der Waals surface area contributed by atoms with Gasteiger partial charge in [0.05, 0.1) is 0 Å². The van der Waals surface area contributed by atoms with Gasteiger partial charge in [-0.2, -0.15) is 0 Å². The van der Waals surface area contributed by atoms with Gasteiger partial charge in [-0.1, -0.05) is 0 Å². The zero-order valence-corrected chi connectivity index (χ0v) is 9.93. The Bertz CT molecular complexity index is 220. The maximum atomic E-state index is 12.1. The molecule has 0 aromatic heterocycles. The molecule has 0 atom stereocenters. The number of nitrogens with two attached hydrogens (primary N) is 1. The van der Waals surface area contributed by atoms with Crippen molar-refractivity contribution in [3.05, 3.63) is 0 Å². The van der Waals surface area contributed by atoms with Gasteiger partial charge in [0.2, 0.25) is 0 Å². The second-order valence-corrected chi connectivity index (χ2v) is 4.60. The first-order valence-corrected chi connectivity index (χ1v) is 5.89. The molecule has 0 aromatic rings. The van der Waals surface area contributed by atoms with Gasteiger partial charge in [0.15, 0.2) is 0 Å². The van der Waals surface area contributed by atoms with Gasteiger partial charge in [0.25, 0.3) is 0 Å². The van der Waals surface area contributed by atoms with Crippen LogP contribution in [-0.4, -0.2) is 85.1 Å². The lowest BCUT2D eigenvalue weighted by Gasteiger charge is -2.38. The summed E-state index contributed by atoms with van der Waals surface area (Å²) in [4.78, 5) is 18.3. The summed E-state index contributed by atoms with van der Waals surface area (Å²) in [5.74, 6) is 5.67. The molecule has 0 radical (unpaired) electrons. The molecule has 6 nitrogen and oxygen atoms in total. The van der Waals surface area contributed by atoms with Gasteiger partial charge in [-0.05, 0) is 7.05 Å². The zero-order chi connectivity index (χ0) is 11.5. The van der Waals surface area contributed by atoms with Crippen LogP contribution in [0.1, 0.15) is 0 Å². The molecule has 2 rings (SSSR count). The molecular formula is C10H21N5O. The average molecular weight is 227 g/mol. The molecular weight excluding hydrogens is 206 g/mol. The van der Waals surface area contributed by atoms with Gasteiger partial charge < -0.3 is 14.7 Å². The van der Waals surface area contributed by atoms with E-state index in [0.717, 1.165) is 52.4 Å². The van der Waals surface area contributed by atoms with E-state index in [2.05, 4.69) is 11.9 Å². The maximum absolute atomic E-state index is 12.1. The minimum absolute atomic E-state index is 0.182. The van der Waals surface area contributed by atoms with Gasteiger partial charge >= 0.3 is 6.03 Å². The fraction of sp³-hybridized carbons (Fsp3) is 0.900. The van der Waals surface area contributed by atoms with Crippen molar-refractivity contribution in [1.29, 1.82) is 0 Å². The van der Waals surface area contributed by atoms with Crippen molar-refractivity contribution in [3.8, 4) is 0 Å². The lowest BCUT2D eigenvalue weighted by molar-refractivity contribution is 0.0960. The highest BCUT2D eigenvalue weighted by Crippen LogP contribution is 2.06. The molecule has 6 heteroatoms. The SMILES string of the molecule is CN1CCN(C(=O)N2CCN(N)CC2)CC1. The monoisotopic (exact) mass is 227 g/mol. The fourth-order valence-electron chi connectivity index (χ4n) is 2.11. The smallest absolute Gasteiger partial charge is 0.320 e. The van der Waals surface area contributed by atoms with Crippen LogP contribution in [0.4, 0.5) is 4.79 Å². The molecule has 0 spiro atoms. The number of carbonyl (C=O) groups excluding carboxylic acids is 1. The largest absolute Gasteiger partial charge is 0.322 e. The van der Waals surface area contributed by atoms with E-state index in [1.165, 1.54) is 0 Å². The van der Waals surface area contributed by atoms with E-state index in [9.17, 15) is 4.79 Å². The Kier molecular flexibility index (Phi) is 3.63. The number of piperazine rings is 2. The number of hydrogen-bond donors (Lipinski definition) is 1. The summed E-state index contributed by atoms with van der Waals surface area (Å²) < 4.78 is 0. The van der Waals surface area contributed by atoms with Crippen molar-refractivity contribution in [2.75, 3.05) is 59.4 Å². The molecule has 0 saturated carbocycles. The van der Waals surface area contributed by atoms with E-state index in [0.29, 0.717) is 0 Å². The second-order valence-electron chi connectivity index (χ2n) is 4.60. The van der Waals surface area contributed by atoms with Crippen LogP contribution in [0.25, 0.3) is 0 Å². The number of amides is 2. The van der Waals surface area contributed by atoms with Crippen LogP contribution in [0.3, 0.4) is 0 Å². The molecule has 2 aliphatic rings. The van der Waals surface area contributed by atoms with Gasteiger partial charge in [0.1, 0.15) is 0 Å². The Balaban J connectivity index is 1.83. The number of urea groups is 1. The predicted molar refractivity (Wildman–Crippen MR) is 61.8 cm³/mol. The average Bonchev–Trinajstić information content (AvgIpc) is 2.30. The minimum atomic E-state index is 0.182. The van der Waals surface area contributed by atoms with E-state index in [-0.39, 0.29) is 6.03 Å². The number of rotatable bonds is 0. The summed E-state index contributed by atoms with van der Waals surface area (Å²) >= 11 is 0. The van der Waals surface area contributed by atoms with Crippen LogP contribution in [-0.2, 0) is 0 Å². The molecule has 92 valence electrons. The molecule has 2 N–H and O–H groups in total. The Morgan fingerprint density at radius 3 is 1.81 bits per heavy atom. The second kappa shape index (κ2) is 4.99. The topological polar surface area (TPSA) is 56.0 Å². The number of carbonyl (C=O) groups is 1. The van der Waals surface area contributed by atoms with E-state index >= 15 is 0 Å². The van der Waals surface area contributed by atoms with Crippen LogP contribution < -0.4 is 5.84 Å². The third kappa shape index (κ3) is 2.63. The van der Waals surface area contributed by atoms with E-state index in [4.69, 9.17) is 5.84 Å². The molecule has 16 heavy (non-hydrogen) atoms. The quantitative estimate of drug-likeness (QED) is 0.531. The Labute approximate surface area is 96.5 Å². The first-order valence-electron chi connectivity index (χ1n) is 5.89. The molecule has 2 fully saturated rings. The number of hydrazine groups is 1. The summed E-state index contributed by atoms with van der Waals surface area (Å²) in [5, 5.41) is 1.77. The van der Waals surface area contributed by atoms with E-state index in [1.807, 2.05) is 9.80 Å². The fourth-order valence-corrected chi connectivity index (χ4v) is 2.11.